The molecule has 0 spiro atoms. The summed E-state index contributed by atoms with van der Waals surface area (Å²) < 4.78 is 0. The molecule has 1 saturated carbocycles. The Morgan fingerprint density at radius 1 is 1.38 bits per heavy atom. The van der Waals surface area contributed by atoms with Crippen LogP contribution in [-0.4, -0.2) is 4.98 Å². The molecule has 2 rings (SSSR count). The summed E-state index contributed by atoms with van der Waals surface area (Å²) in [5.74, 6) is 0.689. The Balaban J connectivity index is 2.27. The summed E-state index contributed by atoms with van der Waals surface area (Å²) in [4.78, 5) is 4.47. The maximum Gasteiger partial charge on any atom is 0.0579 e. The van der Waals surface area contributed by atoms with Crippen molar-refractivity contribution in [2.24, 2.45) is 11.7 Å². The lowest BCUT2D eigenvalue weighted by Crippen LogP contribution is -2.14. The van der Waals surface area contributed by atoms with Gasteiger partial charge in [-0.05, 0) is 50.3 Å². The van der Waals surface area contributed by atoms with Crippen molar-refractivity contribution in [1.29, 1.82) is 0 Å². The summed E-state index contributed by atoms with van der Waals surface area (Å²) in [5.41, 5.74) is 9.48. The molecule has 1 atom stereocenters. The Hall–Kier alpha value is -0.890. The highest BCUT2D eigenvalue weighted by Gasteiger charge is 2.30. The quantitative estimate of drug-likeness (QED) is 0.749. The van der Waals surface area contributed by atoms with Crippen LogP contribution in [0, 0.1) is 19.8 Å². The van der Waals surface area contributed by atoms with Gasteiger partial charge in [0.15, 0.2) is 0 Å². The highest BCUT2D eigenvalue weighted by atomic mass is 14.8. The van der Waals surface area contributed by atoms with Gasteiger partial charge >= 0.3 is 0 Å². The molecule has 13 heavy (non-hydrogen) atoms. The van der Waals surface area contributed by atoms with Crippen molar-refractivity contribution >= 4 is 0 Å². The Bertz CT molecular complexity index is 296. The van der Waals surface area contributed by atoms with E-state index in [9.17, 15) is 0 Å². The molecule has 1 aliphatic rings. The summed E-state index contributed by atoms with van der Waals surface area (Å²) in [6.07, 6.45) is 2.55. The highest BCUT2D eigenvalue weighted by Crippen LogP contribution is 2.38. The molecule has 0 radical (unpaired) electrons. The van der Waals surface area contributed by atoms with E-state index in [0.717, 1.165) is 11.4 Å². The number of aryl methyl sites for hydroxylation is 2. The van der Waals surface area contributed by atoms with Crippen LogP contribution in [0.2, 0.25) is 0 Å². The molecular formula is C11H16N2. The van der Waals surface area contributed by atoms with Gasteiger partial charge in [0.25, 0.3) is 0 Å². The van der Waals surface area contributed by atoms with Crippen LogP contribution in [0.4, 0.5) is 0 Å². The van der Waals surface area contributed by atoms with E-state index in [-0.39, 0.29) is 6.04 Å². The molecule has 1 fully saturated rings. The number of pyridine rings is 1. The van der Waals surface area contributed by atoms with Gasteiger partial charge < -0.3 is 5.73 Å². The minimum Gasteiger partial charge on any atom is -0.322 e. The molecule has 0 aromatic carbocycles. The van der Waals surface area contributed by atoms with Crippen molar-refractivity contribution in [3.8, 4) is 0 Å². The number of nitrogens with zero attached hydrogens (tertiary/aromatic N) is 1. The van der Waals surface area contributed by atoms with E-state index in [1.54, 1.807) is 0 Å². The highest BCUT2D eigenvalue weighted by molar-refractivity contribution is 5.22. The van der Waals surface area contributed by atoms with Crippen molar-refractivity contribution in [3.05, 3.63) is 29.1 Å². The summed E-state index contributed by atoms with van der Waals surface area (Å²) in [6.45, 7) is 4.12. The zero-order valence-electron chi connectivity index (χ0n) is 8.25. The van der Waals surface area contributed by atoms with Crippen LogP contribution in [0.15, 0.2) is 12.1 Å². The number of nitrogens with two attached hydrogens (primary N) is 1. The van der Waals surface area contributed by atoms with Crippen LogP contribution in [0.1, 0.15) is 35.8 Å². The maximum atomic E-state index is 6.08. The second-order valence-electron chi connectivity index (χ2n) is 4.07. The van der Waals surface area contributed by atoms with Gasteiger partial charge in [0.05, 0.1) is 5.69 Å². The molecule has 2 nitrogen and oxygen atoms in total. The van der Waals surface area contributed by atoms with Gasteiger partial charge in [0.2, 0.25) is 0 Å². The van der Waals surface area contributed by atoms with E-state index >= 15 is 0 Å². The van der Waals surface area contributed by atoms with E-state index in [4.69, 9.17) is 5.73 Å². The van der Waals surface area contributed by atoms with E-state index < -0.39 is 0 Å². The first-order valence-electron chi connectivity index (χ1n) is 4.87. The van der Waals surface area contributed by atoms with E-state index in [2.05, 4.69) is 24.0 Å². The Kier molecular flexibility index (Phi) is 2.08. The summed E-state index contributed by atoms with van der Waals surface area (Å²) in [7, 11) is 0. The molecule has 1 heterocycles. The average Bonchev–Trinajstić information content (AvgIpc) is 2.83. The predicted molar refractivity (Wildman–Crippen MR) is 53.4 cm³/mol. The van der Waals surface area contributed by atoms with Crippen LogP contribution in [0.5, 0.6) is 0 Å². The molecule has 1 aromatic rings. The lowest BCUT2D eigenvalue weighted by atomic mass is 10.1. The Morgan fingerprint density at radius 3 is 2.62 bits per heavy atom. The number of hydrogen-bond donors (Lipinski definition) is 1. The number of hydrogen-bond acceptors (Lipinski definition) is 2. The summed E-state index contributed by atoms with van der Waals surface area (Å²) in [6, 6.07) is 4.36. The monoisotopic (exact) mass is 176 g/mol. The van der Waals surface area contributed by atoms with Crippen LogP contribution < -0.4 is 5.73 Å². The van der Waals surface area contributed by atoms with Crippen molar-refractivity contribution in [1.82, 2.24) is 4.98 Å². The molecule has 2 N–H and O–H groups in total. The molecule has 1 unspecified atom stereocenters. The third-order valence-corrected chi connectivity index (χ3v) is 2.59. The molecule has 0 aliphatic heterocycles. The minimum absolute atomic E-state index is 0.165. The third-order valence-electron chi connectivity index (χ3n) is 2.59. The fourth-order valence-corrected chi connectivity index (χ4v) is 1.74. The van der Waals surface area contributed by atoms with Gasteiger partial charge in [-0.25, -0.2) is 0 Å². The number of aromatic nitrogens is 1. The van der Waals surface area contributed by atoms with Crippen molar-refractivity contribution in [2.45, 2.75) is 32.7 Å². The van der Waals surface area contributed by atoms with Gasteiger partial charge in [0, 0.05) is 11.7 Å². The smallest absolute Gasteiger partial charge is 0.0579 e. The first-order valence-corrected chi connectivity index (χ1v) is 4.87. The van der Waals surface area contributed by atoms with E-state index in [0.29, 0.717) is 5.92 Å². The molecular weight excluding hydrogens is 160 g/mol. The maximum absolute atomic E-state index is 6.08. The Labute approximate surface area is 79.2 Å². The van der Waals surface area contributed by atoms with Crippen molar-refractivity contribution < 1.29 is 0 Å². The average molecular weight is 176 g/mol. The third kappa shape index (κ3) is 1.89. The molecule has 70 valence electrons. The molecule has 2 heteroatoms. The zero-order valence-corrected chi connectivity index (χ0v) is 8.25. The fraction of sp³-hybridized carbons (Fsp3) is 0.545. The standard InChI is InChI=1S/C11H16N2/c1-7-5-8(2)13-10(6-7)11(12)9-3-4-9/h5-6,9,11H,3-4,12H2,1-2H3. The molecule has 0 saturated heterocycles. The van der Waals surface area contributed by atoms with Crippen molar-refractivity contribution in [3.63, 3.8) is 0 Å². The molecule has 1 aromatic heterocycles. The first-order chi connectivity index (χ1) is 6.16. The summed E-state index contributed by atoms with van der Waals surface area (Å²) in [5, 5.41) is 0. The van der Waals surface area contributed by atoms with Gasteiger partial charge in [-0.1, -0.05) is 0 Å². The lowest BCUT2D eigenvalue weighted by Gasteiger charge is -2.11. The van der Waals surface area contributed by atoms with Gasteiger partial charge in [-0.2, -0.15) is 0 Å². The van der Waals surface area contributed by atoms with Crippen molar-refractivity contribution in [2.75, 3.05) is 0 Å². The normalized spacial score (nSPS) is 18.7. The lowest BCUT2D eigenvalue weighted by molar-refractivity contribution is 0.612. The molecule has 0 amide bonds. The second kappa shape index (κ2) is 3.11. The Morgan fingerprint density at radius 2 is 2.08 bits per heavy atom. The number of rotatable bonds is 2. The topological polar surface area (TPSA) is 38.9 Å². The first kappa shape index (κ1) is 8.70. The van der Waals surface area contributed by atoms with E-state index in [1.807, 2.05) is 6.92 Å². The summed E-state index contributed by atoms with van der Waals surface area (Å²) >= 11 is 0. The predicted octanol–water partition coefficient (Wildman–Crippen LogP) is 2.11. The van der Waals surface area contributed by atoms with Crippen LogP contribution in [0.25, 0.3) is 0 Å². The largest absolute Gasteiger partial charge is 0.322 e. The van der Waals surface area contributed by atoms with E-state index in [1.165, 1.54) is 18.4 Å². The minimum atomic E-state index is 0.165. The molecule has 1 aliphatic carbocycles. The fourth-order valence-electron chi connectivity index (χ4n) is 1.74. The van der Waals surface area contributed by atoms with Crippen LogP contribution >= 0.6 is 0 Å². The SMILES string of the molecule is Cc1cc(C)nc(C(N)C2CC2)c1. The van der Waals surface area contributed by atoms with Gasteiger partial charge in [0.1, 0.15) is 0 Å². The van der Waals surface area contributed by atoms with Crippen LogP contribution in [0.3, 0.4) is 0 Å². The second-order valence-corrected chi connectivity index (χ2v) is 4.07. The molecule has 0 bridgehead atoms. The zero-order chi connectivity index (χ0) is 9.42. The van der Waals surface area contributed by atoms with Gasteiger partial charge in [-0.15, -0.1) is 0 Å². The van der Waals surface area contributed by atoms with Crippen LogP contribution in [-0.2, 0) is 0 Å². The van der Waals surface area contributed by atoms with Gasteiger partial charge in [-0.3, -0.25) is 4.98 Å².